The molecule has 2 atom stereocenters. The van der Waals surface area contributed by atoms with Gasteiger partial charge < -0.3 is 20.1 Å². The van der Waals surface area contributed by atoms with Crippen LogP contribution in [0.2, 0.25) is 0 Å². The minimum atomic E-state index is -0.879. The molecule has 3 fully saturated rings. The molecule has 0 spiro atoms. The van der Waals surface area contributed by atoms with Gasteiger partial charge in [-0.3, -0.25) is 9.88 Å². The van der Waals surface area contributed by atoms with E-state index in [4.69, 9.17) is 9.72 Å². The monoisotopic (exact) mass is 572 g/mol. The van der Waals surface area contributed by atoms with Crippen molar-refractivity contribution in [3.63, 3.8) is 0 Å². The highest BCUT2D eigenvalue weighted by Crippen LogP contribution is 2.41. The number of phenolic OH excluding ortho intramolecular Hbond substituents is 1. The largest absolute Gasteiger partial charge is 0.508 e. The summed E-state index contributed by atoms with van der Waals surface area (Å²) in [5.41, 5.74) is 1.04. The van der Waals surface area contributed by atoms with E-state index in [0.29, 0.717) is 36.3 Å². The molecule has 8 nitrogen and oxygen atoms in total. The molecule has 10 heteroatoms. The highest BCUT2D eigenvalue weighted by atomic mass is 19.1. The van der Waals surface area contributed by atoms with E-state index in [1.54, 1.807) is 18.3 Å². The Bertz CT molecular complexity index is 1670. The van der Waals surface area contributed by atoms with Crippen LogP contribution >= 0.6 is 0 Å². The van der Waals surface area contributed by atoms with Crippen LogP contribution < -0.4 is 15.0 Å². The number of aromatic hydroxyl groups is 1. The quantitative estimate of drug-likeness (QED) is 0.331. The van der Waals surface area contributed by atoms with Gasteiger partial charge in [0.2, 0.25) is 0 Å². The lowest BCUT2D eigenvalue weighted by molar-refractivity contribution is 0.107. The van der Waals surface area contributed by atoms with E-state index in [2.05, 4.69) is 31.7 Å². The second-order valence-corrected chi connectivity index (χ2v) is 11.6. The molecule has 5 heterocycles. The fourth-order valence-corrected chi connectivity index (χ4v) is 7.02. The number of rotatable bonds is 6. The van der Waals surface area contributed by atoms with E-state index < -0.39 is 12.0 Å². The molecule has 2 aromatic carbocycles. The first-order valence-corrected chi connectivity index (χ1v) is 14.7. The number of ether oxygens (including phenoxy) is 1. The molecular formula is C32H34F2N6O2. The number of phenols is 1. The van der Waals surface area contributed by atoms with Crippen molar-refractivity contribution in [3.05, 3.63) is 54.5 Å². The molecule has 2 aromatic heterocycles. The minimum absolute atomic E-state index is 0.00702. The molecule has 3 aliphatic rings. The molecular weight excluding hydrogens is 538 g/mol. The Morgan fingerprint density at radius 2 is 2.07 bits per heavy atom. The second kappa shape index (κ2) is 10.7. The Balaban J connectivity index is 1.37. The van der Waals surface area contributed by atoms with Gasteiger partial charge in [-0.2, -0.15) is 9.97 Å². The fourth-order valence-electron chi connectivity index (χ4n) is 7.02. The third kappa shape index (κ3) is 4.62. The summed E-state index contributed by atoms with van der Waals surface area (Å²) in [4.78, 5) is 18.2. The summed E-state index contributed by atoms with van der Waals surface area (Å²) in [6, 6.07) is 8.86. The highest BCUT2D eigenvalue weighted by Gasteiger charge is 2.49. The Morgan fingerprint density at radius 1 is 1.17 bits per heavy atom. The molecule has 0 saturated carbocycles. The Labute approximate surface area is 243 Å². The minimum Gasteiger partial charge on any atom is -0.508 e. The lowest BCUT2D eigenvalue weighted by atomic mass is 9.95. The summed E-state index contributed by atoms with van der Waals surface area (Å²) in [6.07, 6.45) is 5.61. The number of alkyl halides is 1. The first-order valence-electron chi connectivity index (χ1n) is 14.7. The summed E-state index contributed by atoms with van der Waals surface area (Å²) in [7, 11) is 0. The summed E-state index contributed by atoms with van der Waals surface area (Å²) < 4.78 is 37.3. The molecule has 7 rings (SSSR count). The predicted octanol–water partition coefficient (Wildman–Crippen LogP) is 5.09. The first kappa shape index (κ1) is 27.0. The predicted molar refractivity (Wildman–Crippen MR) is 160 cm³/mol. The normalized spacial score (nSPS) is 22.9. The smallest absolute Gasteiger partial charge is 0.319 e. The molecule has 2 N–H and O–H groups in total. The van der Waals surface area contributed by atoms with Crippen molar-refractivity contribution >= 4 is 33.6 Å². The third-order valence-corrected chi connectivity index (χ3v) is 8.98. The molecule has 3 aliphatic heterocycles. The van der Waals surface area contributed by atoms with Gasteiger partial charge in [-0.25, -0.2) is 8.78 Å². The summed E-state index contributed by atoms with van der Waals surface area (Å²) in [6.45, 7) is 8.53. The molecule has 218 valence electrons. The van der Waals surface area contributed by atoms with Crippen LogP contribution in [0.1, 0.15) is 31.2 Å². The Morgan fingerprint density at radius 3 is 2.95 bits per heavy atom. The number of benzene rings is 2. The number of hydrogen-bond donors (Lipinski definition) is 2. The maximum atomic E-state index is 16.7. The third-order valence-electron chi connectivity index (χ3n) is 8.98. The van der Waals surface area contributed by atoms with Crippen molar-refractivity contribution in [2.24, 2.45) is 0 Å². The van der Waals surface area contributed by atoms with E-state index in [1.165, 1.54) is 6.07 Å². The van der Waals surface area contributed by atoms with Gasteiger partial charge in [-0.05, 0) is 60.8 Å². The van der Waals surface area contributed by atoms with Gasteiger partial charge in [0.25, 0.3) is 0 Å². The molecule has 0 aliphatic carbocycles. The van der Waals surface area contributed by atoms with Gasteiger partial charge in [0.1, 0.15) is 35.6 Å². The maximum Gasteiger partial charge on any atom is 0.319 e. The van der Waals surface area contributed by atoms with Crippen LogP contribution in [0.3, 0.4) is 0 Å². The van der Waals surface area contributed by atoms with Gasteiger partial charge in [0, 0.05) is 44.4 Å². The lowest BCUT2D eigenvalue weighted by Crippen LogP contribution is -2.43. The van der Waals surface area contributed by atoms with Gasteiger partial charge in [-0.1, -0.05) is 30.9 Å². The molecule has 42 heavy (non-hydrogen) atoms. The van der Waals surface area contributed by atoms with Crippen LogP contribution in [0.25, 0.3) is 39.0 Å². The van der Waals surface area contributed by atoms with Crippen molar-refractivity contribution in [1.82, 2.24) is 25.2 Å². The molecule has 0 amide bonds. The molecule has 3 saturated heterocycles. The van der Waals surface area contributed by atoms with Gasteiger partial charge in [0.15, 0.2) is 5.82 Å². The number of anilines is 1. The van der Waals surface area contributed by atoms with Crippen molar-refractivity contribution in [2.45, 2.75) is 37.4 Å². The zero-order valence-corrected chi connectivity index (χ0v) is 23.5. The van der Waals surface area contributed by atoms with Crippen molar-refractivity contribution in [2.75, 3.05) is 50.8 Å². The Kier molecular flexibility index (Phi) is 6.90. The number of halogens is 2. The van der Waals surface area contributed by atoms with E-state index in [1.807, 2.05) is 18.2 Å². The SMILES string of the molecule is C=Cc1cccc2cc(O)cc(-c3ncc4c(N5CCCNCC5)nc(OCC56CCCN5C[C@H](F)C6)nc4c3F)c12. The average Bonchev–Trinajstić information content (AvgIpc) is 3.37. The van der Waals surface area contributed by atoms with Crippen molar-refractivity contribution in [1.29, 1.82) is 0 Å². The van der Waals surface area contributed by atoms with Crippen LogP contribution in [0.4, 0.5) is 14.6 Å². The number of pyridine rings is 1. The van der Waals surface area contributed by atoms with Gasteiger partial charge in [-0.15, -0.1) is 0 Å². The zero-order chi connectivity index (χ0) is 28.8. The number of fused-ring (bicyclic) bond motifs is 3. The summed E-state index contributed by atoms with van der Waals surface area (Å²) in [5.74, 6) is -0.0441. The summed E-state index contributed by atoms with van der Waals surface area (Å²) >= 11 is 0. The zero-order valence-electron chi connectivity index (χ0n) is 23.5. The number of aromatic nitrogens is 3. The molecule has 0 radical (unpaired) electrons. The molecule has 1 unspecified atom stereocenters. The van der Waals surface area contributed by atoms with Crippen LogP contribution in [-0.2, 0) is 0 Å². The average molecular weight is 573 g/mol. The van der Waals surface area contributed by atoms with E-state index in [0.717, 1.165) is 61.8 Å². The van der Waals surface area contributed by atoms with Gasteiger partial charge in [0.05, 0.1) is 10.9 Å². The molecule has 0 bridgehead atoms. The fraction of sp³-hybridized carbons (Fsp3) is 0.406. The van der Waals surface area contributed by atoms with Crippen LogP contribution in [0.15, 0.2) is 43.1 Å². The van der Waals surface area contributed by atoms with Crippen molar-refractivity contribution in [3.8, 4) is 23.0 Å². The second-order valence-electron chi connectivity index (χ2n) is 11.6. The number of nitrogens with one attached hydrogen (secondary N) is 1. The van der Waals surface area contributed by atoms with Crippen LogP contribution in [0, 0.1) is 5.82 Å². The topological polar surface area (TPSA) is 86.6 Å². The lowest BCUT2D eigenvalue weighted by Gasteiger charge is -2.31. The summed E-state index contributed by atoms with van der Waals surface area (Å²) in [5, 5.41) is 15.9. The number of hydrogen-bond acceptors (Lipinski definition) is 8. The maximum absolute atomic E-state index is 16.7. The Hall–Kier alpha value is -3.89. The van der Waals surface area contributed by atoms with E-state index in [-0.39, 0.29) is 35.1 Å². The van der Waals surface area contributed by atoms with Crippen LogP contribution in [-0.4, -0.2) is 82.5 Å². The highest BCUT2D eigenvalue weighted by molar-refractivity contribution is 6.03. The first-order chi connectivity index (χ1) is 20.5. The van der Waals surface area contributed by atoms with E-state index in [9.17, 15) is 9.50 Å². The van der Waals surface area contributed by atoms with Gasteiger partial charge >= 0.3 is 6.01 Å². The molecule has 4 aromatic rings. The van der Waals surface area contributed by atoms with Crippen LogP contribution in [0.5, 0.6) is 11.8 Å². The van der Waals surface area contributed by atoms with Crippen molar-refractivity contribution < 1.29 is 18.6 Å². The standard InChI is InChI=1S/C32H34F2N6O2/c1-2-20-6-3-7-21-14-23(41)15-24(26(20)21)28-27(34)29-25(17-36-28)30(39-11-5-9-35-10-13-39)38-31(37-29)42-19-32-8-4-12-40(32)18-22(33)16-32/h2-3,6-7,14-15,17,22,35,41H,1,4-5,8-13,16,18-19H2/t22-,32?/m1/s1. The number of nitrogens with zero attached hydrogens (tertiary/aromatic N) is 5. The van der Waals surface area contributed by atoms with E-state index >= 15 is 4.39 Å².